The van der Waals surface area contributed by atoms with Crippen LogP contribution < -0.4 is 14.8 Å². The first-order valence-electron chi connectivity index (χ1n) is 25.8. The minimum absolute atomic E-state index is 0.161. The maximum absolute atomic E-state index is 13.2. The van der Waals surface area contributed by atoms with E-state index >= 15 is 0 Å². The van der Waals surface area contributed by atoms with Crippen LogP contribution in [0.2, 0.25) is 0 Å². The summed E-state index contributed by atoms with van der Waals surface area (Å²) < 4.78 is 46.4. The summed E-state index contributed by atoms with van der Waals surface area (Å²) in [5.74, 6) is -1.43. The molecule has 2 unspecified atom stereocenters. The summed E-state index contributed by atoms with van der Waals surface area (Å²) in [6.45, 7) is 11.0. The van der Waals surface area contributed by atoms with Gasteiger partial charge in [-0.15, -0.1) is 0 Å². The lowest BCUT2D eigenvalue weighted by molar-refractivity contribution is -0.161. The van der Waals surface area contributed by atoms with Gasteiger partial charge in [0.25, 0.3) is 0 Å². The van der Waals surface area contributed by atoms with Gasteiger partial charge in [-0.3, -0.25) is 23.4 Å². The van der Waals surface area contributed by atoms with Crippen LogP contribution in [0.25, 0.3) is 11.1 Å². The second kappa shape index (κ2) is 32.7. The highest BCUT2D eigenvalue weighted by molar-refractivity contribution is 7.47. The number of phosphoric acid groups is 1. The van der Waals surface area contributed by atoms with Gasteiger partial charge >= 0.3 is 25.7 Å². The molecule has 0 bridgehead atoms. The average molecular weight is 970 g/mol. The fraction of sp³-hybridized carbons (Fsp3) is 0.667. The molecule has 0 saturated carbocycles. The summed E-state index contributed by atoms with van der Waals surface area (Å²) in [6.07, 6.45) is 24.9. The molecule has 13 nitrogen and oxygen atoms in total. The van der Waals surface area contributed by atoms with Crippen molar-refractivity contribution in [1.29, 1.82) is 0 Å². The first-order chi connectivity index (χ1) is 32.7. The average Bonchev–Trinajstić information content (AvgIpc) is 3.29. The van der Waals surface area contributed by atoms with Crippen molar-refractivity contribution in [2.45, 2.75) is 207 Å². The minimum Gasteiger partial charge on any atom is -0.482 e. The Kier molecular flexibility index (Phi) is 28.0. The predicted molar refractivity (Wildman–Crippen MR) is 268 cm³/mol. The SMILES string of the molecule is CCCCCCCCCCCC(=O)OCC(COP(=O)(O)OCCNC(=O)/C=C\C(=O)Oc1cc(CCCCC)cc2c1-c1cc(C)ccc1C(C)(C)O2)OC(=O)CCCCCCCCCCC. The molecule has 2 aromatic carbocycles. The normalized spacial score (nSPS) is 14.0. The van der Waals surface area contributed by atoms with Crippen LogP contribution in [0.1, 0.15) is 199 Å². The van der Waals surface area contributed by atoms with Crippen LogP contribution in [-0.2, 0) is 54.3 Å². The van der Waals surface area contributed by atoms with Crippen molar-refractivity contribution in [1.82, 2.24) is 5.32 Å². The molecule has 0 spiro atoms. The van der Waals surface area contributed by atoms with Crippen molar-refractivity contribution in [2.24, 2.45) is 0 Å². The largest absolute Gasteiger partial charge is 0.482 e. The third-order valence-electron chi connectivity index (χ3n) is 12.0. The van der Waals surface area contributed by atoms with Gasteiger partial charge in [0.2, 0.25) is 5.91 Å². The van der Waals surface area contributed by atoms with Gasteiger partial charge in [-0.2, -0.15) is 0 Å². The number of esters is 3. The molecule has 2 N–H and O–H groups in total. The van der Waals surface area contributed by atoms with Crippen molar-refractivity contribution >= 4 is 31.6 Å². The van der Waals surface area contributed by atoms with Gasteiger partial charge in [-0.25, -0.2) is 9.36 Å². The van der Waals surface area contributed by atoms with Crippen LogP contribution in [0.15, 0.2) is 42.5 Å². The Bertz CT molecular complexity index is 1910. The van der Waals surface area contributed by atoms with Gasteiger partial charge in [0.05, 0.1) is 18.8 Å². The smallest absolute Gasteiger partial charge is 0.472 e. The monoisotopic (exact) mass is 970 g/mol. The Hall–Kier alpha value is -4.03. The number of phosphoric ester groups is 1. The van der Waals surface area contributed by atoms with E-state index in [1.54, 1.807) is 0 Å². The molecule has 2 atom stereocenters. The summed E-state index contributed by atoms with van der Waals surface area (Å²) in [5, 5.41) is 2.50. The third-order valence-corrected chi connectivity index (χ3v) is 13.0. The molecule has 0 fully saturated rings. The number of aryl methyl sites for hydroxylation is 2. The third kappa shape index (κ3) is 23.5. The number of benzene rings is 2. The Morgan fingerprint density at radius 2 is 1.29 bits per heavy atom. The van der Waals surface area contributed by atoms with E-state index in [1.807, 2.05) is 45.0 Å². The second-order valence-electron chi connectivity index (χ2n) is 18.7. The number of carbonyl (C=O) groups is 4. The zero-order valence-corrected chi connectivity index (χ0v) is 43.2. The number of hydrogen-bond donors (Lipinski definition) is 2. The van der Waals surface area contributed by atoms with Crippen molar-refractivity contribution in [3.63, 3.8) is 0 Å². The molecule has 68 heavy (non-hydrogen) atoms. The van der Waals surface area contributed by atoms with Crippen molar-refractivity contribution in [3.8, 4) is 22.6 Å². The molecule has 0 aromatic heterocycles. The molecule has 382 valence electrons. The van der Waals surface area contributed by atoms with E-state index in [9.17, 15) is 28.6 Å². The lowest BCUT2D eigenvalue weighted by atomic mass is 9.84. The van der Waals surface area contributed by atoms with Gasteiger partial charge in [0.1, 0.15) is 23.7 Å². The fourth-order valence-corrected chi connectivity index (χ4v) is 8.94. The topological polar surface area (TPSA) is 173 Å². The van der Waals surface area contributed by atoms with E-state index in [2.05, 4.69) is 32.2 Å². The molecule has 0 aliphatic carbocycles. The number of unbranched alkanes of at least 4 members (excludes halogenated alkanes) is 18. The number of nitrogens with one attached hydrogen (secondary N) is 1. The number of rotatable bonds is 37. The van der Waals surface area contributed by atoms with Crippen LogP contribution in [0, 0.1) is 6.92 Å². The van der Waals surface area contributed by atoms with Crippen molar-refractivity contribution in [3.05, 3.63) is 59.2 Å². The number of hydrogen-bond acceptors (Lipinski definition) is 11. The molecule has 1 aliphatic heterocycles. The molecule has 3 rings (SSSR count). The molecule has 14 heteroatoms. The maximum Gasteiger partial charge on any atom is 0.472 e. The summed E-state index contributed by atoms with van der Waals surface area (Å²) >= 11 is 0. The summed E-state index contributed by atoms with van der Waals surface area (Å²) in [4.78, 5) is 61.6. The Balaban J connectivity index is 1.50. The highest BCUT2D eigenvalue weighted by Crippen LogP contribution is 2.50. The Labute approximate surface area is 407 Å². The standard InChI is InChI=1S/C54H84NO12P/c1-7-10-13-15-17-19-21-23-26-29-50(57)62-40-44(65-51(58)30-27-24-22-20-18-16-14-11-8-2)41-64-68(60,61)63-36-35-55-49(56)33-34-52(59)66-47-38-43(28-25-12-9-3)39-48-53(47)45-37-42(4)31-32-46(45)54(5,6)67-48/h31-34,37-39,44H,7-30,35-36,40-41H2,1-6H3,(H,55,56)(H,60,61)/b34-33-. The first-order valence-corrected chi connectivity index (χ1v) is 27.3. The molecule has 1 aliphatic rings. The summed E-state index contributed by atoms with van der Waals surface area (Å²) in [5.41, 5.74) is 3.96. The van der Waals surface area contributed by atoms with Gasteiger partial charge in [0.15, 0.2) is 6.10 Å². The highest BCUT2D eigenvalue weighted by Gasteiger charge is 2.35. The zero-order chi connectivity index (χ0) is 49.6. The lowest BCUT2D eigenvalue weighted by Crippen LogP contribution is -2.30. The van der Waals surface area contributed by atoms with Crippen LogP contribution >= 0.6 is 7.82 Å². The van der Waals surface area contributed by atoms with E-state index in [4.69, 9.17) is 28.0 Å². The van der Waals surface area contributed by atoms with Crippen LogP contribution in [-0.4, -0.2) is 61.2 Å². The number of amides is 1. The number of fused-ring (bicyclic) bond motifs is 3. The van der Waals surface area contributed by atoms with Gasteiger partial charge in [-0.05, 0) is 69.7 Å². The number of carbonyl (C=O) groups excluding carboxylic acids is 4. The van der Waals surface area contributed by atoms with Gasteiger partial charge in [0, 0.05) is 37.1 Å². The molecule has 0 radical (unpaired) electrons. The fourth-order valence-electron chi connectivity index (χ4n) is 8.19. The number of ether oxygens (including phenoxy) is 4. The van der Waals surface area contributed by atoms with Gasteiger partial charge in [-0.1, -0.05) is 160 Å². The molecule has 2 aromatic rings. The molecule has 0 saturated heterocycles. The quantitative estimate of drug-likeness (QED) is 0.0216. The van der Waals surface area contributed by atoms with Crippen LogP contribution in [0.4, 0.5) is 0 Å². The van der Waals surface area contributed by atoms with E-state index in [-0.39, 0.29) is 26.0 Å². The van der Waals surface area contributed by atoms with Crippen molar-refractivity contribution in [2.75, 3.05) is 26.4 Å². The summed E-state index contributed by atoms with van der Waals surface area (Å²) in [6, 6.07) is 9.97. The van der Waals surface area contributed by atoms with E-state index in [0.29, 0.717) is 29.9 Å². The Morgan fingerprint density at radius 1 is 0.721 bits per heavy atom. The first kappa shape index (κ1) is 58.3. The second-order valence-corrected chi connectivity index (χ2v) is 20.1. The maximum atomic E-state index is 13.2. The lowest BCUT2D eigenvalue weighted by Gasteiger charge is -2.36. The molecular formula is C54H84NO12P. The van der Waals surface area contributed by atoms with E-state index in [0.717, 1.165) is 98.6 Å². The van der Waals surface area contributed by atoms with E-state index < -0.39 is 56.6 Å². The Morgan fingerprint density at radius 3 is 1.91 bits per heavy atom. The molecule has 1 heterocycles. The summed E-state index contributed by atoms with van der Waals surface area (Å²) in [7, 11) is -4.69. The molecule has 1 amide bonds. The van der Waals surface area contributed by atoms with E-state index in [1.165, 1.54) is 64.2 Å². The van der Waals surface area contributed by atoms with Crippen molar-refractivity contribution < 1.29 is 56.6 Å². The van der Waals surface area contributed by atoms with Crippen LogP contribution in [0.3, 0.4) is 0 Å². The predicted octanol–water partition coefficient (Wildman–Crippen LogP) is 13.0. The minimum atomic E-state index is -4.69. The molecular weight excluding hydrogens is 886 g/mol. The zero-order valence-electron chi connectivity index (χ0n) is 42.3. The van der Waals surface area contributed by atoms with Crippen LogP contribution in [0.5, 0.6) is 11.5 Å². The highest BCUT2D eigenvalue weighted by atomic mass is 31.2. The van der Waals surface area contributed by atoms with Gasteiger partial charge < -0.3 is 29.2 Å².